The van der Waals surface area contributed by atoms with Crippen LogP contribution in [0, 0.1) is 19.3 Å². The number of nitrogens with zero attached hydrogens (tertiary/aromatic N) is 3. The van der Waals surface area contributed by atoms with E-state index in [1.54, 1.807) is 22.5 Å². The van der Waals surface area contributed by atoms with Crippen LogP contribution in [-0.2, 0) is 21.4 Å². The van der Waals surface area contributed by atoms with Crippen LogP contribution >= 0.6 is 0 Å². The zero-order valence-corrected chi connectivity index (χ0v) is 21.2. The molecule has 4 rings (SSSR count). The summed E-state index contributed by atoms with van der Waals surface area (Å²) in [6.45, 7) is 9.93. The first kappa shape index (κ1) is 27.9. The molecule has 0 amide bonds. The van der Waals surface area contributed by atoms with Crippen molar-refractivity contribution in [1.29, 1.82) is 0 Å². The Morgan fingerprint density at radius 1 is 1.19 bits per heavy atom. The van der Waals surface area contributed by atoms with Gasteiger partial charge in [0.25, 0.3) is 0 Å². The van der Waals surface area contributed by atoms with Crippen molar-refractivity contribution in [2.75, 3.05) is 32.8 Å². The first-order valence-corrected chi connectivity index (χ1v) is 12.9. The maximum absolute atomic E-state index is 13.2. The molecule has 2 aliphatic rings. The van der Waals surface area contributed by atoms with Gasteiger partial charge in [0.2, 0.25) is 10.0 Å². The van der Waals surface area contributed by atoms with Gasteiger partial charge in [0.15, 0.2) is 0 Å². The number of aryl methyl sites for hydroxylation is 2. The van der Waals surface area contributed by atoms with Crippen LogP contribution in [-0.4, -0.2) is 72.8 Å². The fourth-order valence-corrected chi connectivity index (χ4v) is 6.07. The molecule has 13 heteroatoms. The van der Waals surface area contributed by atoms with Crippen LogP contribution < -0.4 is 4.74 Å². The Morgan fingerprint density at radius 3 is 2.33 bits per heavy atom. The Bertz CT molecular complexity index is 1150. The zero-order valence-electron chi connectivity index (χ0n) is 20.3. The molecule has 36 heavy (non-hydrogen) atoms. The van der Waals surface area contributed by atoms with Gasteiger partial charge in [0.1, 0.15) is 16.4 Å². The largest absolute Gasteiger partial charge is 0.492 e. The van der Waals surface area contributed by atoms with E-state index in [2.05, 4.69) is 10.1 Å². The topological polar surface area (TPSA) is 113 Å². The van der Waals surface area contributed by atoms with Crippen LogP contribution in [0.4, 0.5) is 13.2 Å². The summed E-state index contributed by atoms with van der Waals surface area (Å²) in [6, 6.07) is 6.97. The van der Waals surface area contributed by atoms with Gasteiger partial charge in [-0.2, -0.15) is 17.5 Å². The quantitative estimate of drug-likeness (QED) is 0.637. The van der Waals surface area contributed by atoms with Gasteiger partial charge in [-0.15, -0.1) is 0 Å². The van der Waals surface area contributed by atoms with E-state index in [4.69, 9.17) is 19.2 Å². The SMILES string of the molecule is CCN1CC2(CCN(Cc3c(C)noc3C)CC2)COc2ccccc2S1(=O)=O.O=C(O)C(F)(F)F. The lowest BCUT2D eigenvalue weighted by Gasteiger charge is -2.44. The van der Waals surface area contributed by atoms with E-state index in [1.807, 2.05) is 26.8 Å². The number of carboxylic acids is 1. The second-order valence-electron chi connectivity index (χ2n) is 9.05. The molecule has 0 atom stereocenters. The molecule has 0 unspecified atom stereocenters. The molecule has 3 heterocycles. The molecule has 0 radical (unpaired) electrons. The van der Waals surface area contributed by atoms with E-state index in [0.29, 0.717) is 25.4 Å². The van der Waals surface area contributed by atoms with Crippen LogP contribution in [0.25, 0.3) is 0 Å². The highest BCUT2D eigenvalue weighted by Crippen LogP contribution is 2.39. The minimum Gasteiger partial charge on any atom is -0.492 e. The van der Waals surface area contributed by atoms with E-state index >= 15 is 0 Å². The molecule has 0 saturated carbocycles. The van der Waals surface area contributed by atoms with Crippen molar-refractivity contribution in [2.45, 2.75) is 51.2 Å². The summed E-state index contributed by atoms with van der Waals surface area (Å²) in [5.74, 6) is -1.42. The number of piperidine rings is 1. The molecule has 1 aromatic carbocycles. The highest BCUT2D eigenvalue weighted by Gasteiger charge is 2.42. The Hall–Kier alpha value is -2.64. The minimum atomic E-state index is -5.08. The van der Waals surface area contributed by atoms with Crippen LogP contribution in [0.15, 0.2) is 33.7 Å². The lowest BCUT2D eigenvalue weighted by molar-refractivity contribution is -0.192. The second kappa shape index (κ2) is 10.8. The summed E-state index contributed by atoms with van der Waals surface area (Å²) in [5.41, 5.74) is 1.92. The van der Waals surface area contributed by atoms with Crippen molar-refractivity contribution in [2.24, 2.45) is 5.41 Å². The number of halogens is 3. The molecule has 1 fully saturated rings. The lowest BCUT2D eigenvalue weighted by Crippen LogP contribution is -2.51. The van der Waals surface area contributed by atoms with Crippen molar-refractivity contribution in [1.82, 2.24) is 14.4 Å². The smallest absolute Gasteiger partial charge is 0.490 e. The predicted molar refractivity (Wildman–Crippen MR) is 123 cm³/mol. The van der Waals surface area contributed by atoms with Crippen LogP contribution in [0.3, 0.4) is 0 Å². The molecule has 1 spiro atoms. The summed E-state index contributed by atoms with van der Waals surface area (Å²) < 4.78 is 71.1. The summed E-state index contributed by atoms with van der Waals surface area (Å²) in [4.78, 5) is 11.6. The molecular formula is C23H30F3N3O6S. The molecular weight excluding hydrogens is 503 g/mol. The number of hydrogen-bond acceptors (Lipinski definition) is 7. The van der Waals surface area contributed by atoms with Gasteiger partial charge < -0.3 is 14.4 Å². The Kier molecular flexibility index (Phi) is 8.36. The summed E-state index contributed by atoms with van der Waals surface area (Å²) >= 11 is 0. The standard InChI is InChI=1S/C21H29N3O4S.C2HF3O2/c1-4-24-14-21(15-27-19-7-5-6-8-20(19)29(24,25)26)9-11-23(12-10-21)13-18-16(2)22-28-17(18)3;3-2(4,5)1(6)7/h5-8H,4,9-15H2,1-3H3;(H,6,7). The van der Waals surface area contributed by atoms with Gasteiger partial charge >= 0.3 is 12.1 Å². The maximum Gasteiger partial charge on any atom is 0.490 e. The number of para-hydroxylation sites is 1. The highest BCUT2D eigenvalue weighted by atomic mass is 32.2. The number of likely N-dealkylation sites (tertiary alicyclic amines) is 1. The van der Waals surface area contributed by atoms with Gasteiger partial charge in [-0.3, -0.25) is 4.90 Å². The number of aliphatic carboxylic acids is 1. The maximum atomic E-state index is 13.2. The van der Waals surface area contributed by atoms with Gasteiger partial charge in [0.05, 0.1) is 12.3 Å². The number of rotatable bonds is 3. The number of sulfonamides is 1. The van der Waals surface area contributed by atoms with E-state index in [0.717, 1.165) is 49.5 Å². The summed E-state index contributed by atoms with van der Waals surface area (Å²) in [5, 5.41) is 11.2. The van der Waals surface area contributed by atoms with E-state index in [-0.39, 0.29) is 10.3 Å². The molecule has 0 bridgehead atoms. The van der Waals surface area contributed by atoms with Crippen molar-refractivity contribution in [3.05, 3.63) is 41.3 Å². The van der Waals surface area contributed by atoms with Crippen LogP contribution in [0.5, 0.6) is 5.75 Å². The molecule has 1 aromatic heterocycles. The molecule has 1 N–H and O–H groups in total. The number of benzene rings is 1. The number of hydrogen-bond donors (Lipinski definition) is 1. The van der Waals surface area contributed by atoms with Crippen molar-refractivity contribution in [3.63, 3.8) is 0 Å². The fraction of sp³-hybridized carbons (Fsp3) is 0.565. The molecule has 2 aromatic rings. The average Bonchev–Trinajstić information content (AvgIpc) is 3.14. The lowest BCUT2D eigenvalue weighted by atomic mass is 9.78. The Morgan fingerprint density at radius 2 is 1.81 bits per heavy atom. The van der Waals surface area contributed by atoms with Crippen LogP contribution in [0.2, 0.25) is 0 Å². The van der Waals surface area contributed by atoms with E-state index in [9.17, 15) is 21.6 Å². The van der Waals surface area contributed by atoms with Gasteiger partial charge in [-0.1, -0.05) is 24.2 Å². The number of alkyl halides is 3. The predicted octanol–water partition coefficient (Wildman–Crippen LogP) is 3.61. The minimum absolute atomic E-state index is 0.175. The summed E-state index contributed by atoms with van der Waals surface area (Å²) in [7, 11) is -3.56. The number of ether oxygens (including phenoxy) is 1. The molecule has 0 aliphatic carbocycles. The first-order chi connectivity index (χ1) is 16.8. The van der Waals surface area contributed by atoms with Crippen molar-refractivity contribution >= 4 is 16.0 Å². The van der Waals surface area contributed by atoms with Crippen LogP contribution in [0.1, 0.15) is 36.8 Å². The van der Waals surface area contributed by atoms with Crippen molar-refractivity contribution < 1.29 is 40.8 Å². The van der Waals surface area contributed by atoms with E-state index in [1.165, 1.54) is 0 Å². The Labute approximate surface area is 207 Å². The average molecular weight is 534 g/mol. The van der Waals surface area contributed by atoms with E-state index < -0.39 is 22.2 Å². The molecule has 200 valence electrons. The van der Waals surface area contributed by atoms with Gasteiger partial charge in [0, 0.05) is 30.6 Å². The normalized spacial score (nSPS) is 19.8. The monoisotopic (exact) mass is 533 g/mol. The number of carboxylic acid groups (broad SMARTS) is 1. The number of aromatic nitrogens is 1. The third-order valence-corrected chi connectivity index (χ3v) is 8.55. The zero-order chi connectivity index (χ0) is 26.7. The van der Waals surface area contributed by atoms with Gasteiger partial charge in [-0.25, -0.2) is 13.2 Å². The van der Waals surface area contributed by atoms with Gasteiger partial charge in [-0.05, 0) is 51.9 Å². The molecule has 9 nitrogen and oxygen atoms in total. The number of fused-ring (bicyclic) bond motifs is 1. The van der Waals surface area contributed by atoms with Crippen molar-refractivity contribution in [3.8, 4) is 5.75 Å². The summed E-state index contributed by atoms with van der Waals surface area (Å²) in [6.07, 6.45) is -3.30. The molecule has 2 aliphatic heterocycles. The first-order valence-electron chi connectivity index (χ1n) is 11.5. The highest BCUT2D eigenvalue weighted by molar-refractivity contribution is 7.89. The third-order valence-electron chi connectivity index (χ3n) is 6.59. The Balaban J connectivity index is 0.000000454. The molecule has 1 saturated heterocycles. The fourth-order valence-electron chi connectivity index (χ4n) is 4.38. The number of carbonyl (C=O) groups is 1. The third kappa shape index (κ3) is 6.19. The second-order valence-corrected chi connectivity index (χ2v) is 11.0.